The minimum atomic E-state index is -1.66. The monoisotopic (exact) mass is 765 g/mol. The molecule has 22 heteroatoms. The summed E-state index contributed by atoms with van der Waals surface area (Å²) < 4.78 is 0. The van der Waals surface area contributed by atoms with E-state index in [1.54, 1.807) is 21.9 Å². The molecule has 0 radical (unpaired) electrons. The van der Waals surface area contributed by atoms with Crippen molar-refractivity contribution in [1.82, 2.24) is 41.4 Å². The third-order valence-electron chi connectivity index (χ3n) is 8.26. The number of nitrogens with zero attached hydrogens (tertiary/aromatic N) is 3. The number of rotatable bonds is 27. The van der Waals surface area contributed by atoms with Crippen LogP contribution in [-0.4, -0.2) is 179 Å². The van der Waals surface area contributed by atoms with Crippen LogP contribution < -0.4 is 32.1 Å². The first kappa shape index (κ1) is 45.3. The van der Waals surface area contributed by atoms with Gasteiger partial charge in [0.2, 0.25) is 17.7 Å². The molecular weight excluding hydrogens is 713 g/mol. The molecule has 1 aliphatic rings. The van der Waals surface area contributed by atoms with Crippen molar-refractivity contribution in [1.29, 1.82) is 0 Å². The Kier molecular flexibility index (Phi) is 20.5. The maximum absolute atomic E-state index is 12.7. The van der Waals surface area contributed by atoms with Crippen LogP contribution in [-0.2, 0) is 28.8 Å². The number of anilines is 1. The predicted molar refractivity (Wildman–Crippen MR) is 194 cm³/mol. The van der Waals surface area contributed by atoms with Gasteiger partial charge in [0.15, 0.2) is 0 Å². The van der Waals surface area contributed by atoms with Gasteiger partial charge in [-0.15, -0.1) is 0 Å². The number of aliphatic carboxylic acids is 3. The average molecular weight is 766 g/mol. The Morgan fingerprint density at radius 1 is 0.815 bits per heavy atom. The molecule has 54 heavy (non-hydrogen) atoms. The summed E-state index contributed by atoms with van der Waals surface area (Å²) in [7, 11) is -1.66. The van der Waals surface area contributed by atoms with Gasteiger partial charge in [-0.25, -0.2) is 0 Å². The van der Waals surface area contributed by atoms with Crippen molar-refractivity contribution in [3.05, 3.63) is 29.8 Å². The van der Waals surface area contributed by atoms with Crippen LogP contribution in [0.4, 0.5) is 5.69 Å². The second-order valence-corrected chi connectivity index (χ2v) is 12.6. The van der Waals surface area contributed by atoms with E-state index in [2.05, 4.69) is 32.1 Å². The zero-order valence-corrected chi connectivity index (χ0v) is 30.3. The van der Waals surface area contributed by atoms with Crippen molar-refractivity contribution >= 4 is 54.3 Å². The molecule has 4 amide bonds. The van der Waals surface area contributed by atoms with E-state index in [1.807, 2.05) is 0 Å². The van der Waals surface area contributed by atoms with Crippen LogP contribution in [0.1, 0.15) is 43.0 Å². The SMILES string of the molecule is C[C@@H](NC(=O)c1ccc(NNC(=O)CCCNC(=O)CN(CCNCC(=O)O)CCN(CCNCC(=O)O)CC(=O)O)cc1)C(=O)N1CCC[C@H]1B(O)O. The van der Waals surface area contributed by atoms with Crippen molar-refractivity contribution in [3.63, 3.8) is 0 Å². The molecular formula is C32H52BN9O12. The smallest absolute Gasteiger partial charge is 0.475 e. The maximum Gasteiger partial charge on any atom is 0.475 e. The Bertz CT molecular complexity index is 1410. The molecule has 1 aromatic carbocycles. The van der Waals surface area contributed by atoms with E-state index in [0.29, 0.717) is 31.5 Å². The molecule has 0 spiro atoms. The fourth-order valence-corrected chi connectivity index (χ4v) is 5.49. The van der Waals surface area contributed by atoms with E-state index in [0.717, 1.165) is 0 Å². The molecule has 300 valence electrons. The van der Waals surface area contributed by atoms with Crippen molar-refractivity contribution in [3.8, 4) is 0 Å². The summed E-state index contributed by atoms with van der Waals surface area (Å²) >= 11 is 0. The third kappa shape index (κ3) is 18.3. The van der Waals surface area contributed by atoms with Gasteiger partial charge in [0, 0.05) is 64.3 Å². The first-order chi connectivity index (χ1) is 25.7. The van der Waals surface area contributed by atoms with Crippen LogP contribution in [0, 0.1) is 0 Å². The summed E-state index contributed by atoms with van der Waals surface area (Å²) in [6, 6.07) is 5.23. The molecule has 0 bridgehead atoms. The summed E-state index contributed by atoms with van der Waals surface area (Å²) in [5, 5.41) is 56.7. The van der Waals surface area contributed by atoms with Gasteiger partial charge in [-0.3, -0.25) is 54.2 Å². The highest BCUT2D eigenvalue weighted by Gasteiger charge is 2.38. The molecule has 0 unspecified atom stereocenters. The second kappa shape index (κ2) is 24.5. The summed E-state index contributed by atoms with van der Waals surface area (Å²) in [4.78, 5) is 88.1. The zero-order valence-electron chi connectivity index (χ0n) is 30.3. The highest BCUT2D eigenvalue weighted by atomic mass is 16.4. The number of carbonyl (C=O) groups is 7. The molecule has 0 aromatic heterocycles. The quantitative estimate of drug-likeness (QED) is 0.0232. The minimum Gasteiger partial charge on any atom is -0.480 e. The third-order valence-corrected chi connectivity index (χ3v) is 8.26. The Morgan fingerprint density at radius 3 is 1.96 bits per heavy atom. The molecule has 1 heterocycles. The van der Waals surface area contributed by atoms with Gasteiger partial charge in [0.1, 0.15) is 6.04 Å². The highest BCUT2D eigenvalue weighted by Crippen LogP contribution is 2.19. The molecule has 1 aromatic rings. The number of benzene rings is 1. The van der Waals surface area contributed by atoms with E-state index in [4.69, 9.17) is 10.2 Å². The predicted octanol–water partition coefficient (Wildman–Crippen LogP) is -3.82. The zero-order chi connectivity index (χ0) is 40.0. The molecule has 11 N–H and O–H groups in total. The lowest BCUT2D eigenvalue weighted by atomic mass is 9.78. The lowest BCUT2D eigenvalue weighted by Gasteiger charge is -2.27. The number of carboxylic acid groups (broad SMARTS) is 3. The van der Waals surface area contributed by atoms with Crippen LogP contribution in [0.15, 0.2) is 24.3 Å². The summed E-state index contributed by atoms with van der Waals surface area (Å²) in [5.74, 6) is -5.51. The standard InChI is InChI=1S/C32H52BN9O12/c1-22(32(52)42-13-3-4-25(42)33(53)54)37-31(51)23-6-8-24(9-7-23)38-39-26(43)5-2-10-36-27(44)20-40(14-11-34-18-28(45)46)16-17-41(21-30(49)50)15-12-35-19-29(47)48/h6-9,22,25,34-35,38,53-54H,2-5,10-21H2,1H3,(H,36,44)(H,37,51)(H,39,43)(H,45,46)(H,47,48)(H,49,50)/t22-,25+/m1/s1. The molecule has 1 saturated heterocycles. The summed E-state index contributed by atoms with van der Waals surface area (Å²) in [6.45, 7) is 2.68. The van der Waals surface area contributed by atoms with Crippen LogP contribution in [0.25, 0.3) is 0 Å². The van der Waals surface area contributed by atoms with E-state index >= 15 is 0 Å². The number of hydrogen-bond donors (Lipinski definition) is 11. The van der Waals surface area contributed by atoms with E-state index in [-0.39, 0.29) is 95.8 Å². The first-order valence-corrected chi connectivity index (χ1v) is 17.6. The first-order valence-electron chi connectivity index (χ1n) is 17.6. The van der Waals surface area contributed by atoms with Gasteiger partial charge in [-0.1, -0.05) is 0 Å². The number of hydrazine groups is 1. The van der Waals surface area contributed by atoms with E-state index < -0.39 is 48.8 Å². The number of carbonyl (C=O) groups excluding carboxylic acids is 4. The largest absolute Gasteiger partial charge is 0.480 e. The van der Waals surface area contributed by atoms with Crippen LogP contribution >= 0.6 is 0 Å². The maximum atomic E-state index is 12.7. The topological polar surface area (TPSA) is 303 Å². The fourth-order valence-electron chi connectivity index (χ4n) is 5.49. The lowest BCUT2D eigenvalue weighted by molar-refractivity contribution is -0.139. The van der Waals surface area contributed by atoms with Crippen molar-refractivity contribution in [2.75, 3.05) is 84.0 Å². The van der Waals surface area contributed by atoms with Gasteiger partial charge in [-0.2, -0.15) is 0 Å². The molecule has 2 atom stereocenters. The number of hydrogen-bond acceptors (Lipinski definition) is 14. The van der Waals surface area contributed by atoms with Gasteiger partial charge in [-0.05, 0) is 50.5 Å². The number of likely N-dealkylation sites (tertiary alicyclic amines) is 1. The van der Waals surface area contributed by atoms with E-state index in [9.17, 15) is 48.7 Å². The molecule has 2 rings (SSSR count). The van der Waals surface area contributed by atoms with Crippen molar-refractivity contribution in [2.45, 2.75) is 44.6 Å². The van der Waals surface area contributed by atoms with Gasteiger partial charge >= 0.3 is 25.0 Å². The van der Waals surface area contributed by atoms with Crippen molar-refractivity contribution < 1.29 is 58.9 Å². The lowest BCUT2D eigenvalue weighted by Crippen LogP contribution is -2.52. The highest BCUT2D eigenvalue weighted by molar-refractivity contribution is 6.43. The summed E-state index contributed by atoms with van der Waals surface area (Å²) in [6.07, 6.45) is 1.46. The number of nitrogens with one attached hydrogen (secondary N) is 6. The van der Waals surface area contributed by atoms with Crippen LogP contribution in [0.3, 0.4) is 0 Å². The Balaban J connectivity index is 1.75. The Hall–Kier alpha value is -4.87. The van der Waals surface area contributed by atoms with Gasteiger partial charge < -0.3 is 51.5 Å². The number of amides is 4. The van der Waals surface area contributed by atoms with Gasteiger partial charge in [0.05, 0.1) is 37.8 Å². The van der Waals surface area contributed by atoms with E-state index in [1.165, 1.54) is 24.0 Å². The molecule has 0 saturated carbocycles. The molecule has 1 aliphatic heterocycles. The summed E-state index contributed by atoms with van der Waals surface area (Å²) in [5.41, 5.74) is 6.01. The van der Waals surface area contributed by atoms with Crippen LogP contribution in [0.5, 0.6) is 0 Å². The minimum absolute atomic E-state index is 0.0632. The molecule has 1 fully saturated rings. The molecule has 0 aliphatic carbocycles. The number of carboxylic acids is 3. The Labute approximate surface area is 312 Å². The second-order valence-electron chi connectivity index (χ2n) is 12.6. The average Bonchev–Trinajstić information content (AvgIpc) is 3.61. The molecule has 21 nitrogen and oxygen atoms in total. The van der Waals surface area contributed by atoms with Crippen LogP contribution in [0.2, 0.25) is 0 Å². The van der Waals surface area contributed by atoms with Crippen molar-refractivity contribution in [2.24, 2.45) is 0 Å². The normalized spacial score (nSPS) is 14.4. The van der Waals surface area contributed by atoms with Gasteiger partial charge in [0.25, 0.3) is 5.91 Å². The Morgan fingerprint density at radius 2 is 1.41 bits per heavy atom. The fraction of sp³-hybridized carbons (Fsp3) is 0.594.